The van der Waals surface area contributed by atoms with E-state index in [2.05, 4.69) is 48.6 Å². The highest BCUT2D eigenvalue weighted by molar-refractivity contribution is 5.80. The lowest BCUT2D eigenvalue weighted by Crippen LogP contribution is -2.42. The molecular weight excluding hydrogens is 224 g/mol. The van der Waals surface area contributed by atoms with Gasteiger partial charge in [0.2, 0.25) is 5.91 Å². The molecule has 1 N–H and O–H groups in total. The summed E-state index contributed by atoms with van der Waals surface area (Å²) in [4.78, 5) is 13.8. The Hall–Kier alpha value is -1.35. The summed E-state index contributed by atoms with van der Waals surface area (Å²) in [6.45, 7) is 0.733. The maximum absolute atomic E-state index is 11.7. The van der Waals surface area contributed by atoms with Gasteiger partial charge in [0.15, 0.2) is 0 Å². The van der Waals surface area contributed by atoms with E-state index < -0.39 is 0 Å². The molecule has 2 rings (SSSR count). The van der Waals surface area contributed by atoms with Crippen molar-refractivity contribution in [3.05, 3.63) is 35.9 Å². The Balaban J connectivity index is 1.85. The van der Waals surface area contributed by atoms with Crippen molar-refractivity contribution in [1.29, 1.82) is 0 Å². The van der Waals surface area contributed by atoms with E-state index in [1.165, 1.54) is 5.56 Å². The Labute approximate surface area is 109 Å². The normalized spacial score (nSPS) is 16.6. The van der Waals surface area contributed by atoms with Gasteiger partial charge in [-0.1, -0.05) is 30.3 Å². The van der Waals surface area contributed by atoms with Gasteiger partial charge in [0.05, 0.1) is 0 Å². The molecule has 1 aromatic carbocycles. The number of rotatable bonds is 6. The summed E-state index contributed by atoms with van der Waals surface area (Å²) in [5.74, 6) is 0.527. The van der Waals surface area contributed by atoms with E-state index in [-0.39, 0.29) is 5.91 Å². The highest BCUT2D eigenvalue weighted by atomic mass is 16.2. The van der Waals surface area contributed by atoms with Gasteiger partial charge in [0.25, 0.3) is 0 Å². The maximum atomic E-state index is 11.7. The van der Waals surface area contributed by atoms with Gasteiger partial charge in [0.1, 0.15) is 0 Å². The van der Waals surface area contributed by atoms with Crippen molar-refractivity contribution in [3.63, 3.8) is 0 Å². The fraction of sp³-hybridized carbons (Fsp3) is 0.533. The molecule has 0 spiro atoms. The van der Waals surface area contributed by atoms with Crippen molar-refractivity contribution in [2.75, 3.05) is 20.6 Å². The van der Waals surface area contributed by atoms with Crippen LogP contribution < -0.4 is 5.32 Å². The topological polar surface area (TPSA) is 32.3 Å². The first kappa shape index (κ1) is 13.1. The van der Waals surface area contributed by atoms with E-state index >= 15 is 0 Å². The summed E-state index contributed by atoms with van der Waals surface area (Å²) in [5.41, 5.74) is 1.32. The molecule has 1 aliphatic carbocycles. The third-order valence-electron chi connectivity index (χ3n) is 3.50. The lowest BCUT2D eigenvalue weighted by atomic mass is 10.1. The summed E-state index contributed by atoms with van der Waals surface area (Å²) in [7, 11) is 4.13. The van der Waals surface area contributed by atoms with E-state index in [1.54, 1.807) is 0 Å². The second-order valence-electron chi connectivity index (χ2n) is 5.33. The first-order valence-electron chi connectivity index (χ1n) is 6.65. The Kier molecular flexibility index (Phi) is 4.37. The predicted octanol–water partition coefficient (Wildman–Crippen LogP) is 1.69. The molecule has 18 heavy (non-hydrogen) atoms. The second-order valence-corrected chi connectivity index (χ2v) is 5.33. The number of nitrogens with one attached hydrogen (secondary N) is 1. The highest BCUT2D eigenvalue weighted by Gasteiger charge is 2.29. The van der Waals surface area contributed by atoms with Gasteiger partial charge < -0.3 is 10.2 Å². The van der Waals surface area contributed by atoms with Crippen LogP contribution in [-0.4, -0.2) is 37.5 Å². The van der Waals surface area contributed by atoms with Gasteiger partial charge in [0, 0.05) is 18.5 Å². The van der Waals surface area contributed by atoms with Crippen LogP contribution in [0.25, 0.3) is 0 Å². The molecule has 0 heterocycles. The lowest BCUT2D eigenvalue weighted by Gasteiger charge is -2.24. The smallest absolute Gasteiger partial charge is 0.223 e. The van der Waals surface area contributed by atoms with Gasteiger partial charge in [-0.25, -0.2) is 0 Å². The quantitative estimate of drug-likeness (QED) is 0.828. The molecule has 0 saturated heterocycles. The fourth-order valence-corrected chi connectivity index (χ4v) is 2.03. The molecule has 1 aromatic rings. The molecule has 0 aromatic heterocycles. The molecular formula is C15H22N2O. The SMILES string of the molecule is CN(C)[C@H](CNC(=O)C1CC1)Cc1ccccc1. The Morgan fingerprint density at radius 3 is 2.56 bits per heavy atom. The maximum Gasteiger partial charge on any atom is 0.223 e. The molecule has 0 unspecified atom stereocenters. The third-order valence-corrected chi connectivity index (χ3v) is 3.50. The van der Waals surface area contributed by atoms with Crippen molar-refractivity contribution < 1.29 is 4.79 Å². The minimum atomic E-state index is 0.231. The summed E-state index contributed by atoms with van der Waals surface area (Å²) in [6.07, 6.45) is 3.10. The second kappa shape index (κ2) is 6.01. The molecule has 1 fully saturated rings. The first-order chi connectivity index (χ1) is 8.66. The largest absolute Gasteiger partial charge is 0.354 e. The standard InChI is InChI=1S/C15H22N2O/c1-17(2)14(10-12-6-4-3-5-7-12)11-16-15(18)13-8-9-13/h3-7,13-14H,8-11H2,1-2H3,(H,16,18)/t14-/m0/s1. The van der Waals surface area contributed by atoms with E-state index in [0.717, 1.165) is 25.8 Å². The van der Waals surface area contributed by atoms with Crippen LogP contribution in [0.15, 0.2) is 30.3 Å². The van der Waals surface area contributed by atoms with Crippen LogP contribution in [0.1, 0.15) is 18.4 Å². The third kappa shape index (κ3) is 3.84. The average Bonchev–Trinajstić information content (AvgIpc) is 3.19. The number of benzene rings is 1. The summed E-state index contributed by atoms with van der Waals surface area (Å²) in [6, 6.07) is 10.8. The molecule has 0 aliphatic heterocycles. The Morgan fingerprint density at radius 1 is 1.33 bits per heavy atom. The van der Waals surface area contributed by atoms with Crippen molar-refractivity contribution in [2.45, 2.75) is 25.3 Å². The van der Waals surface area contributed by atoms with Crippen LogP contribution in [0.4, 0.5) is 0 Å². The fourth-order valence-electron chi connectivity index (χ4n) is 2.03. The van der Waals surface area contributed by atoms with Gasteiger partial charge >= 0.3 is 0 Å². The van der Waals surface area contributed by atoms with Crippen LogP contribution in [0, 0.1) is 5.92 Å². The molecule has 1 aliphatic rings. The minimum Gasteiger partial charge on any atom is -0.354 e. The highest BCUT2D eigenvalue weighted by Crippen LogP contribution is 2.28. The molecule has 0 radical (unpaired) electrons. The minimum absolute atomic E-state index is 0.231. The lowest BCUT2D eigenvalue weighted by molar-refractivity contribution is -0.122. The first-order valence-corrected chi connectivity index (χ1v) is 6.65. The van der Waals surface area contributed by atoms with E-state index in [9.17, 15) is 4.79 Å². The number of hydrogen-bond acceptors (Lipinski definition) is 2. The van der Waals surface area contributed by atoms with Crippen molar-refractivity contribution in [1.82, 2.24) is 10.2 Å². The monoisotopic (exact) mass is 246 g/mol. The Morgan fingerprint density at radius 2 is 2.00 bits per heavy atom. The molecule has 3 heteroatoms. The van der Waals surface area contributed by atoms with E-state index in [0.29, 0.717) is 12.0 Å². The van der Waals surface area contributed by atoms with E-state index in [1.807, 2.05) is 6.07 Å². The number of carbonyl (C=O) groups excluding carboxylic acids is 1. The molecule has 1 amide bonds. The summed E-state index contributed by atoms with van der Waals surface area (Å²) < 4.78 is 0. The van der Waals surface area contributed by atoms with Gasteiger partial charge in [-0.15, -0.1) is 0 Å². The van der Waals surface area contributed by atoms with Crippen LogP contribution in [0.3, 0.4) is 0 Å². The zero-order valence-electron chi connectivity index (χ0n) is 11.2. The van der Waals surface area contributed by atoms with Crippen LogP contribution in [0.5, 0.6) is 0 Å². The summed E-state index contributed by atoms with van der Waals surface area (Å²) >= 11 is 0. The predicted molar refractivity (Wildman–Crippen MR) is 73.4 cm³/mol. The molecule has 3 nitrogen and oxygen atoms in total. The van der Waals surface area contributed by atoms with Crippen molar-refractivity contribution in [3.8, 4) is 0 Å². The van der Waals surface area contributed by atoms with Gasteiger partial charge in [-0.3, -0.25) is 4.79 Å². The Bertz CT molecular complexity index is 385. The number of carbonyl (C=O) groups is 1. The zero-order chi connectivity index (χ0) is 13.0. The van der Waals surface area contributed by atoms with Crippen molar-refractivity contribution in [2.24, 2.45) is 5.92 Å². The molecule has 1 atom stereocenters. The zero-order valence-corrected chi connectivity index (χ0v) is 11.2. The number of amides is 1. The van der Waals surface area contributed by atoms with Crippen molar-refractivity contribution >= 4 is 5.91 Å². The van der Waals surface area contributed by atoms with Crippen LogP contribution in [0.2, 0.25) is 0 Å². The molecule has 1 saturated carbocycles. The van der Waals surface area contributed by atoms with Crippen LogP contribution in [-0.2, 0) is 11.2 Å². The van der Waals surface area contributed by atoms with Gasteiger partial charge in [-0.05, 0) is 38.9 Å². The van der Waals surface area contributed by atoms with Crippen LogP contribution >= 0.6 is 0 Å². The van der Waals surface area contributed by atoms with Gasteiger partial charge in [-0.2, -0.15) is 0 Å². The van der Waals surface area contributed by atoms with E-state index in [4.69, 9.17) is 0 Å². The number of likely N-dealkylation sites (N-methyl/N-ethyl adjacent to an activating group) is 1. The number of hydrogen-bond donors (Lipinski definition) is 1. The molecule has 0 bridgehead atoms. The molecule has 98 valence electrons. The average molecular weight is 246 g/mol. The summed E-state index contributed by atoms with van der Waals surface area (Å²) in [5, 5.41) is 3.07. The number of nitrogens with zero attached hydrogens (tertiary/aromatic N) is 1.